The first-order chi connectivity index (χ1) is 16.9. The molecule has 2 amide bonds. The van der Waals surface area contributed by atoms with E-state index in [-0.39, 0.29) is 12.2 Å². The molecule has 0 radical (unpaired) electrons. The quantitative estimate of drug-likeness (QED) is 0.276. The van der Waals surface area contributed by atoms with E-state index in [1.54, 1.807) is 11.3 Å². The van der Waals surface area contributed by atoms with E-state index < -0.39 is 17.8 Å². The minimum atomic E-state index is -4.47. The fourth-order valence-electron chi connectivity index (χ4n) is 3.73. The van der Waals surface area contributed by atoms with Gasteiger partial charge in [0.05, 0.1) is 17.5 Å². The van der Waals surface area contributed by atoms with Crippen LogP contribution in [0, 0.1) is 0 Å². The van der Waals surface area contributed by atoms with Crippen LogP contribution in [0.1, 0.15) is 11.1 Å². The van der Waals surface area contributed by atoms with Crippen molar-refractivity contribution in [3.05, 3.63) is 101 Å². The fraction of sp³-hybridized carbons (Fsp3) is 0.0769. The Morgan fingerprint density at radius 2 is 1.80 bits per heavy atom. The molecule has 0 aliphatic rings. The Labute approximate surface area is 202 Å². The van der Waals surface area contributed by atoms with Gasteiger partial charge >= 0.3 is 12.2 Å². The van der Waals surface area contributed by atoms with Crippen molar-refractivity contribution in [1.29, 1.82) is 0 Å². The van der Waals surface area contributed by atoms with Crippen molar-refractivity contribution in [3.63, 3.8) is 0 Å². The van der Waals surface area contributed by atoms with Crippen LogP contribution in [0.25, 0.3) is 28.0 Å². The molecule has 5 aromatic rings. The van der Waals surface area contributed by atoms with E-state index in [1.807, 2.05) is 52.5 Å². The lowest BCUT2D eigenvalue weighted by molar-refractivity contribution is -0.137. The zero-order valence-electron chi connectivity index (χ0n) is 18.2. The minimum Gasteiger partial charge on any atom is -0.334 e. The van der Waals surface area contributed by atoms with Gasteiger partial charge in [-0.3, -0.25) is 4.40 Å². The summed E-state index contributed by atoms with van der Waals surface area (Å²) in [6.07, 6.45) is -0.649. The van der Waals surface area contributed by atoms with Gasteiger partial charge in [0.25, 0.3) is 0 Å². The molecule has 3 heterocycles. The van der Waals surface area contributed by atoms with Gasteiger partial charge in [-0.2, -0.15) is 24.5 Å². The van der Waals surface area contributed by atoms with Crippen molar-refractivity contribution in [3.8, 4) is 22.4 Å². The van der Waals surface area contributed by atoms with Crippen LogP contribution in [0.15, 0.2) is 89.9 Å². The van der Waals surface area contributed by atoms with Gasteiger partial charge in [-0.1, -0.05) is 30.3 Å². The molecule has 0 aliphatic carbocycles. The van der Waals surface area contributed by atoms with Gasteiger partial charge in [-0.05, 0) is 63.8 Å². The summed E-state index contributed by atoms with van der Waals surface area (Å²) in [5.41, 5.74) is 5.14. The summed E-state index contributed by atoms with van der Waals surface area (Å²) in [7, 11) is 0. The third-order valence-corrected chi connectivity index (χ3v) is 6.20. The molecule has 35 heavy (non-hydrogen) atoms. The summed E-state index contributed by atoms with van der Waals surface area (Å²) in [6, 6.07) is 17.8. The number of benzene rings is 2. The first kappa shape index (κ1) is 22.7. The number of carbonyl (C=O) groups is 1. The molecule has 0 bridgehead atoms. The van der Waals surface area contributed by atoms with E-state index in [2.05, 4.69) is 33.1 Å². The monoisotopic (exact) mass is 492 g/mol. The van der Waals surface area contributed by atoms with Gasteiger partial charge in [0, 0.05) is 24.0 Å². The molecule has 2 aromatic carbocycles. The predicted molar refractivity (Wildman–Crippen MR) is 131 cm³/mol. The number of nitrogens with zero attached hydrogens (tertiary/aromatic N) is 2. The second-order valence-electron chi connectivity index (χ2n) is 7.88. The lowest BCUT2D eigenvalue weighted by Crippen LogP contribution is -2.28. The molecule has 5 nitrogen and oxygen atoms in total. The van der Waals surface area contributed by atoms with Gasteiger partial charge in [-0.15, -0.1) is 0 Å². The number of anilines is 1. The lowest BCUT2D eigenvalue weighted by Gasteiger charge is -2.11. The number of pyridine rings is 1. The Balaban J connectivity index is 1.23. The average Bonchev–Trinajstić information content (AvgIpc) is 3.53. The predicted octanol–water partition coefficient (Wildman–Crippen LogP) is 7.07. The van der Waals surface area contributed by atoms with Crippen molar-refractivity contribution in [2.75, 3.05) is 5.32 Å². The Morgan fingerprint density at radius 3 is 2.54 bits per heavy atom. The zero-order valence-corrected chi connectivity index (χ0v) is 19.0. The highest BCUT2D eigenvalue weighted by Crippen LogP contribution is 2.31. The highest BCUT2D eigenvalue weighted by Gasteiger charge is 2.30. The first-order valence-electron chi connectivity index (χ1n) is 10.7. The number of hydrogen-bond donors (Lipinski definition) is 2. The number of rotatable bonds is 5. The molecule has 2 N–H and O–H groups in total. The largest absolute Gasteiger partial charge is 0.416 e. The summed E-state index contributed by atoms with van der Waals surface area (Å²) in [4.78, 5) is 16.7. The van der Waals surface area contributed by atoms with Crippen molar-refractivity contribution in [1.82, 2.24) is 14.7 Å². The number of hydrogen-bond acceptors (Lipinski definition) is 3. The first-order valence-corrected chi connectivity index (χ1v) is 11.6. The number of amides is 2. The Morgan fingerprint density at radius 1 is 0.971 bits per heavy atom. The molecule has 0 spiro atoms. The number of imidazole rings is 1. The summed E-state index contributed by atoms with van der Waals surface area (Å²) in [6.45, 7) is 0.224. The molecule has 0 atom stereocenters. The number of thiophene rings is 1. The maximum absolute atomic E-state index is 12.8. The number of nitrogens with one attached hydrogen (secondary N) is 2. The number of carbonyl (C=O) groups excluding carboxylic acids is 1. The summed E-state index contributed by atoms with van der Waals surface area (Å²) < 4.78 is 40.5. The molecule has 3 aromatic heterocycles. The van der Waals surface area contributed by atoms with Crippen LogP contribution < -0.4 is 10.6 Å². The smallest absolute Gasteiger partial charge is 0.334 e. The third-order valence-electron chi connectivity index (χ3n) is 5.52. The van der Waals surface area contributed by atoms with Crippen LogP contribution in [0.2, 0.25) is 0 Å². The normalized spacial score (nSPS) is 11.5. The maximum Gasteiger partial charge on any atom is 0.416 e. The molecule has 5 rings (SSSR count). The van der Waals surface area contributed by atoms with Crippen LogP contribution >= 0.6 is 11.3 Å². The number of alkyl halides is 3. The van der Waals surface area contributed by atoms with Gasteiger partial charge in [0.15, 0.2) is 0 Å². The standard InChI is InChI=1S/C26H19F3N4OS/c27-26(28,29)21-2-1-3-22(13-21)32-25(34)31-14-17-4-6-18(7-5-17)23-15-30-24-12-19(8-10-33(23)24)20-9-11-35-16-20/h1-13,15-16H,14H2,(H2,31,32,34). The van der Waals surface area contributed by atoms with Crippen LogP contribution in [0.3, 0.4) is 0 Å². The number of urea groups is 1. The van der Waals surface area contributed by atoms with Crippen molar-refractivity contribution in [2.24, 2.45) is 0 Å². The highest BCUT2D eigenvalue weighted by molar-refractivity contribution is 7.08. The second-order valence-corrected chi connectivity index (χ2v) is 8.66. The molecular weight excluding hydrogens is 473 g/mol. The van der Waals surface area contributed by atoms with E-state index in [0.29, 0.717) is 0 Å². The van der Waals surface area contributed by atoms with Crippen LogP contribution in [0.5, 0.6) is 0 Å². The van der Waals surface area contributed by atoms with Crippen LogP contribution in [0.4, 0.5) is 23.7 Å². The third kappa shape index (κ3) is 5.04. The molecule has 0 aliphatic heterocycles. The van der Waals surface area contributed by atoms with Gasteiger partial charge in [0.1, 0.15) is 5.65 Å². The van der Waals surface area contributed by atoms with Crippen molar-refractivity contribution < 1.29 is 18.0 Å². The van der Waals surface area contributed by atoms with E-state index in [0.717, 1.165) is 45.7 Å². The number of fused-ring (bicyclic) bond motifs is 1. The molecule has 0 fully saturated rings. The van der Waals surface area contributed by atoms with Gasteiger partial charge in [-0.25, -0.2) is 9.78 Å². The number of aromatic nitrogens is 2. The second kappa shape index (κ2) is 9.27. The van der Waals surface area contributed by atoms with E-state index >= 15 is 0 Å². The minimum absolute atomic E-state index is 0.0717. The van der Waals surface area contributed by atoms with Gasteiger partial charge in [0.2, 0.25) is 0 Å². The zero-order chi connectivity index (χ0) is 24.4. The summed E-state index contributed by atoms with van der Waals surface area (Å²) in [5.74, 6) is 0. The topological polar surface area (TPSA) is 58.4 Å². The van der Waals surface area contributed by atoms with E-state index in [1.165, 1.54) is 12.1 Å². The van der Waals surface area contributed by atoms with E-state index in [4.69, 9.17) is 0 Å². The molecule has 0 saturated carbocycles. The Hall–Kier alpha value is -4.11. The maximum atomic E-state index is 12.8. The molecule has 9 heteroatoms. The van der Waals surface area contributed by atoms with Gasteiger partial charge < -0.3 is 10.6 Å². The molecule has 0 saturated heterocycles. The van der Waals surface area contributed by atoms with Crippen molar-refractivity contribution in [2.45, 2.75) is 12.7 Å². The lowest BCUT2D eigenvalue weighted by atomic mass is 10.1. The van der Waals surface area contributed by atoms with Crippen LogP contribution in [-0.4, -0.2) is 15.4 Å². The molecule has 176 valence electrons. The van der Waals surface area contributed by atoms with Crippen molar-refractivity contribution >= 4 is 28.7 Å². The molecular formula is C26H19F3N4OS. The SMILES string of the molecule is O=C(NCc1ccc(-c2cnc3cc(-c4ccsc4)ccn23)cc1)Nc1cccc(C(F)(F)F)c1. The number of halogens is 3. The molecule has 0 unspecified atom stereocenters. The van der Waals surface area contributed by atoms with Crippen LogP contribution in [-0.2, 0) is 12.7 Å². The average molecular weight is 493 g/mol. The Bertz CT molecular complexity index is 1480. The Kier molecular flexibility index (Phi) is 6.00. The fourth-order valence-corrected chi connectivity index (χ4v) is 4.39. The highest BCUT2D eigenvalue weighted by atomic mass is 32.1. The summed E-state index contributed by atoms with van der Waals surface area (Å²) >= 11 is 1.65. The summed E-state index contributed by atoms with van der Waals surface area (Å²) in [5, 5.41) is 9.24. The van der Waals surface area contributed by atoms with E-state index in [9.17, 15) is 18.0 Å².